The summed E-state index contributed by atoms with van der Waals surface area (Å²) in [5, 5.41) is 10.9. The first-order chi connectivity index (χ1) is 11.0. The quantitative estimate of drug-likeness (QED) is 0.417. The van der Waals surface area contributed by atoms with Crippen molar-refractivity contribution in [3.8, 4) is 5.69 Å². The Kier molecular flexibility index (Phi) is 3.41. The lowest BCUT2D eigenvalue weighted by Crippen LogP contribution is -2.12. The maximum absolute atomic E-state index is 12.1. The molecule has 23 heavy (non-hydrogen) atoms. The van der Waals surface area contributed by atoms with Crippen LogP contribution in [0.3, 0.4) is 0 Å². The van der Waals surface area contributed by atoms with Crippen molar-refractivity contribution in [1.29, 1.82) is 0 Å². The minimum absolute atomic E-state index is 0.159. The average molecular weight is 314 g/mol. The van der Waals surface area contributed by atoms with Crippen molar-refractivity contribution in [2.24, 2.45) is 0 Å². The molecule has 3 rings (SSSR count). The summed E-state index contributed by atoms with van der Waals surface area (Å²) in [6, 6.07) is 9.94. The lowest BCUT2D eigenvalue weighted by atomic mass is 10.2. The van der Waals surface area contributed by atoms with E-state index in [-0.39, 0.29) is 22.5 Å². The molecule has 0 spiro atoms. The zero-order valence-corrected chi connectivity index (χ0v) is 11.9. The summed E-state index contributed by atoms with van der Waals surface area (Å²) in [4.78, 5) is 34.0. The van der Waals surface area contributed by atoms with E-state index in [1.54, 1.807) is 0 Å². The number of esters is 1. The highest BCUT2D eigenvalue weighted by Crippen LogP contribution is 2.22. The number of oxazole rings is 1. The van der Waals surface area contributed by atoms with Crippen LogP contribution in [0.5, 0.6) is 0 Å². The SMILES string of the molecule is COC(=O)c1ccc2oc(=O)n(-c3cccc([N+](=O)[O-])c3)c2c1. The average Bonchev–Trinajstić information content (AvgIpc) is 2.89. The van der Waals surface area contributed by atoms with Gasteiger partial charge in [-0.25, -0.2) is 14.2 Å². The lowest BCUT2D eigenvalue weighted by molar-refractivity contribution is -0.384. The van der Waals surface area contributed by atoms with Crippen molar-refractivity contribution in [1.82, 2.24) is 4.57 Å². The fourth-order valence-corrected chi connectivity index (χ4v) is 2.25. The van der Waals surface area contributed by atoms with Crippen LogP contribution in [0.25, 0.3) is 16.8 Å². The molecular formula is C15H10N2O6. The third-order valence-electron chi connectivity index (χ3n) is 3.30. The van der Waals surface area contributed by atoms with Gasteiger partial charge < -0.3 is 9.15 Å². The number of carbonyl (C=O) groups excluding carboxylic acids is 1. The van der Waals surface area contributed by atoms with Crippen molar-refractivity contribution in [2.45, 2.75) is 0 Å². The maximum atomic E-state index is 12.1. The molecule has 0 fully saturated rings. The molecule has 2 aromatic carbocycles. The first kappa shape index (κ1) is 14.5. The fourth-order valence-electron chi connectivity index (χ4n) is 2.25. The van der Waals surface area contributed by atoms with Crippen molar-refractivity contribution >= 4 is 22.8 Å². The van der Waals surface area contributed by atoms with Gasteiger partial charge in [-0.1, -0.05) is 6.07 Å². The number of carbonyl (C=O) groups is 1. The van der Waals surface area contributed by atoms with E-state index >= 15 is 0 Å². The number of methoxy groups -OCH3 is 1. The second-order valence-electron chi connectivity index (χ2n) is 4.65. The van der Waals surface area contributed by atoms with Gasteiger partial charge in [0, 0.05) is 12.1 Å². The summed E-state index contributed by atoms with van der Waals surface area (Å²) in [6.45, 7) is 0. The molecule has 0 atom stereocenters. The number of nitrogens with zero attached hydrogens (tertiary/aromatic N) is 2. The van der Waals surface area contributed by atoms with Crippen LogP contribution in [0.1, 0.15) is 10.4 Å². The second-order valence-corrected chi connectivity index (χ2v) is 4.65. The molecule has 0 saturated carbocycles. The van der Waals surface area contributed by atoms with E-state index < -0.39 is 16.6 Å². The van der Waals surface area contributed by atoms with Gasteiger partial charge >= 0.3 is 11.7 Å². The number of nitro groups is 1. The highest BCUT2D eigenvalue weighted by Gasteiger charge is 2.16. The number of hydrogen-bond donors (Lipinski definition) is 0. The smallest absolute Gasteiger partial charge is 0.424 e. The van der Waals surface area contributed by atoms with Gasteiger partial charge in [-0.15, -0.1) is 0 Å². The van der Waals surface area contributed by atoms with Crippen LogP contribution in [-0.4, -0.2) is 22.6 Å². The van der Waals surface area contributed by atoms with Gasteiger partial charge in [-0.05, 0) is 24.3 Å². The van der Waals surface area contributed by atoms with Crippen molar-refractivity contribution < 1.29 is 18.9 Å². The van der Waals surface area contributed by atoms with Crippen molar-refractivity contribution in [3.05, 3.63) is 68.7 Å². The Morgan fingerprint density at radius 1 is 1.26 bits per heavy atom. The number of non-ortho nitro benzene ring substituents is 1. The third kappa shape index (κ3) is 2.46. The van der Waals surface area contributed by atoms with Gasteiger partial charge in [-0.3, -0.25) is 10.1 Å². The molecule has 0 unspecified atom stereocenters. The summed E-state index contributed by atoms with van der Waals surface area (Å²) in [6.07, 6.45) is 0. The molecule has 0 aliphatic heterocycles. The topological polar surface area (TPSA) is 105 Å². The predicted molar refractivity (Wildman–Crippen MR) is 79.8 cm³/mol. The van der Waals surface area contributed by atoms with Crippen LogP contribution >= 0.6 is 0 Å². The largest absolute Gasteiger partial charge is 0.465 e. The van der Waals surface area contributed by atoms with Gasteiger partial charge in [0.15, 0.2) is 5.58 Å². The number of hydrogen-bond acceptors (Lipinski definition) is 6. The summed E-state index contributed by atoms with van der Waals surface area (Å²) in [5.74, 6) is -1.27. The Morgan fingerprint density at radius 2 is 2.04 bits per heavy atom. The molecule has 0 radical (unpaired) electrons. The van der Waals surface area contributed by atoms with Gasteiger partial charge in [-0.2, -0.15) is 0 Å². The van der Waals surface area contributed by atoms with E-state index in [0.29, 0.717) is 5.52 Å². The van der Waals surface area contributed by atoms with Crippen molar-refractivity contribution in [2.75, 3.05) is 7.11 Å². The molecule has 1 aromatic heterocycles. The molecular weight excluding hydrogens is 304 g/mol. The van der Waals surface area contributed by atoms with Crippen LogP contribution in [0.4, 0.5) is 5.69 Å². The number of fused-ring (bicyclic) bond motifs is 1. The summed E-state index contributed by atoms with van der Waals surface area (Å²) >= 11 is 0. The van der Waals surface area contributed by atoms with Gasteiger partial charge in [0.05, 0.1) is 28.8 Å². The van der Waals surface area contributed by atoms with Crippen LogP contribution < -0.4 is 5.76 Å². The van der Waals surface area contributed by atoms with Crippen LogP contribution in [-0.2, 0) is 4.74 Å². The molecule has 0 amide bonds. The van der Waals surface area contributed by atoms with E-state index in [4.69, 9.17) is 4.42 Å². The molecule has 8 heteroatoms. The molecule has 0 aliphatic rings. The Balaban J connectivity index is 2.26. The fraction of sp³-hybridized carbons (Fsp3) is 0.0667. The van der Waals surface area contributed by atoms with Crippen molar-refractivity contribution in [3.63, 3.8) is 0 Å². The van der Waals surface area contributed by atoms with Crippen LogP contribution in [0.15, 0.2) is 51.7 Å². The summed E-state index contributed by atoms with van der Waals surface area (Å²) in [5.41, 5.74) is 0.922. The summed E-state index contributed by atoms with van der Waals surface area (Å²) in [7, 11) is 1.25. The number of aromatic nitrogens is 1. The molecule has 0 bridgehead atoms. The van der Waals surface area contributed by atoms with E-state index in [1.165, 1.54) is 49.6 Å². The molecule has 3 aromatic rings. The van der Waals surface area contributed by atoms with E-state index in [0.717, 1.165) is 4.57 Å². The molecule has 8 nitrogen and oxygen atoms in total. The molecule has 0 aliphatic carbocycles. The van der Waals surface area contributed by atoms with Crippen LogP contribution in [0, 0.1) is 10.1 Å². The maximum Gasteiger partial charge on any atom is 0.424 e. The van der Waals surface area contributed by atoms with Gasteiger partial charge in [0.25, 0.3) is 5.69 Å². The molecule has 0 N–H and O–H groups in total. The molecule has 1 heterocycles. The van der Waals surface area contributed by atoms with Crippen LogP contribution in [0.2, 0.25) is 0 Å². The first-order valence-corrected chi connectivity index (χ1v) is 6.50. The minimum Gasteiger partial charge on any atom is -0.465 e. The van der Waals surface area contributed by atoms with E-state index in [9.17, 15) is 19.7 Å². The molecule has 116 valence electrons. The predicted octanol–water partition coefficient (Wildman–Crippen LogP) is 2.28. The standard InChI is InChI=1S/C15H10N2O6/c1-22-14(18)9-5-6-13-12(7-9)16(15(19)23-13)10-3-2-4-11(8-10)17(20)21/h2-8H,1H3. The summed E-state index contributed by atoms with van der Waals surface area (Å²) < 4.78 is 10.9. The Morgan fingerprint density at radius 3 is 2.74 bits per heavy atom. The minimum atomic E-state index is -0.706. The first-order valence-electron chi connectivity index (χ1n) is 6.50. The zero-order valence-electron chi connectivity index (χ0n) is 11.9. The number of nitro benzene ring substituents is 1. The normalized spacial score (nSPS) is 10.7. The monoisotopic (exact) mass is 314 g/mol. The number of benzene rings is 2. The Bertz CT molecular complexity index is 985. The zero-order chi connectivity index (χ0) is 16.6. The van der Waals surface area contributed by atoms with E-state index in [1.807, 2.05) is 0 Å². The highest BCUT2D eigenvalue weighted by molar-refractivity contribution is 5.93. The Hall–Kier alpha value is -3.42. The molecule has 0 saturated heterocycles. The van der Waals surface area contributed by atoms with Gasteiger partial charge in [0.2, 0.25) is 0 Å². The lowest BCUT2D eigenvalue weighted by Gasteiger charge is -2.03. The van der Waals surface area contributed by atoms with E-state index in [2.05, 4.69) is 4.74 Å². The third-order valence-corrected chi connectivity index (χ3v) is 3.30. The second kappa shape index (κ2) is 5.41. The Labute approximate surface area is 128 Å². The number of rotatable bonds is 3. The van der Waals surface area contributed by atoms with Gasteiger partial charge in [0.1, 0.15) is 0 Å². The highest BCUT2D eigenvalue weighted by atomic mass is 16.6. The number of ether oxygens (including phenoxy) is 1.